The molecule has 0 saturated carbocycles. The number of pyridine rings is 1. The Labute approximate surface area is 163 Å². The van der Waals surface area contributed by atoms with Crippen LogP contribution in [0.1, 0.15) is 45.8 Å². The highest BCUT2D eigenvalue weighted by Crippen LogP contribution is 2.24. The molecule has 0 amide bonds. The summed E-state index contributed by atoms with van der Waals surface area (Å²) in [7, 11) is 3.28. The summed E-state index contributed by atoms with van der Waals surface area (Å²) in [6.07, 6.45) is 1.75. The van der Waals surface area contributed by atoms with E-state index < -0.39 is 0 Å². The molecule has 0 aliphatic heterocycles. The SMILES string of the molecule is CCOC(=O)c1sc(C(C)NC(=NC)NCc2ccc(OC)nc2)nc1C. The Morgan fingerprint density at radius 1 is 1.41 bits per heavy atom. The standard InChI is InChI=1S/C18H25N5O3S/c1-6-26-17(24)15-11(2)22-16(27-15)12(3)23-18(19-4)21-10-13-7-8-14(25-5)20-9-13/h7-9,12H,6,10H2,1-5H3,(H2,19,21,23). The number of nitrogens with zero attached hydrogens (tertiary/aromatic N) is 3. The maximum Gasteiger partial charge on any atom is 0.350 e. The van der Waals surface area contributed by atoms with Crippen LogP contribution in [-0.2, 0) is 11.3 Å². The average Bonchev–Trinajstić information content (AvgIpc) is 3.07. The van der Waals surface area contributed by atoms with Gasteiger partial charge in [0.25, 0.3) is 0 Å². The Hall–Kier alpha value is -2.68. The van der Waals surface area contributed by atoms with Gasteiger partial charge in [-0.05, 0) is 26.3 Å². The molecule has 2 N–H and O–H groups in total. The number of ether oxygens (including phenoxy) is 2. The highest BCUT2D eigenvalue weighted by molar-refractivity contribution is 7.13. The predicted octanol–water partition coefficient (Wildman–Crippen LogP) is 2.46. The van der Waals surface area contributed by atoms with Crippen LogP contribution in [0.15, 0.2) is 23.3 Å². The lowest BCUT2D eigenvalue weighted by Crippen LogP contribution is -2.38. The van der Waals surface area contributed by atoms with Gasteiger partial charge in [-0.25, -0.2) is 14.8 Å². The monoisotopic (exact) mass is 391 g/mol. The first-order chi connectivity index (χ1) is 13.0. The summed E-state index contributed by atoms with van der Waals surface area (Å²) < 4.78 is 10.1. The van der Waals surface area contributed by atoms with E-state index in [1.54, 1.807) is 27.3 Å². The zero-order chi connectivity index (χ0) is 19.8. The second-order valence-electron chi connectivity index (χ2n) is 5.69. The molecule has 0 saturated heterocycles. The predicted molar refractivity (Wildman–Crippen MR) is 105 cm³/mol. The van der Waals surface area contributed by atoms with Crippen molar-refractivity contribution < 1.29 is 14.3 Å². The number of thiazole rings is 1. The molecule has 27 heavy (non-hydrogen) atoms. The molecule has 0 aliphatic carbocycles. The lowest BCUT2D eigenvalue weighted by molar-refractivity contribution is 0.0531. The van der Waals surface area contributed by atoms with Gasteiger partial charge in [-0.15, -0.1) is 11.3 Å². The summed E-state index contributed by atoms with van der Waals surface area (Å²) in [4.78, 5) is 25.4. The Kier molecular flexibility index (Phi) is 7.54. The maximum absolute atomic E-state index is 12.0. The second kappa shape index (κ2) is 9.86. The van der Waals surface area contributed by atoms with Gasteiger partial charge in [0.2, 0.25) is 5.88 Å². The van der Waals surface area contributed by atoms with Crippen LogP contribution in [-0.4, -0.2) is 42.7 Å². The van der Waals surface area contributed by atoms with Crippen molar-refractivity contribution in [1.82, 2.24) is 20.6 Å². The van der Waals surface area contributed by atoms with Crippen molar-refractivity contribution in [3.05, 3.63) is 39.5 Å². The number of aryl methyl sites for hydroxylation is 1. The summed E-state index contributed by atoms with van der Waals surface area (Å²) in [5.74, 6) is 0.871. The molecule has 146 valence electrons. The molecule has 9 heteroatoms. The van der Waals surface area contributed by atoms with E-state index in [0.717, 1.165) is 10.6 Å². The molecule has 0 spiro atoms. The minimum Gasteiger partial charge on any atom is -0.481 e. The largest absolute Gasteiger partial charge is 0.481 e. The fraction of sp³-hybridized carbons (Fsp3) is 0.444. The van der Waals surface area contributed by atoms with Crippen LogP contribution >= 0.6 is 11.3 Å². The molecule has 0 aliphatic rings. The van der Waals surface area contributed by atoms with Crippen LogP contribution in [0.25, 0.3) is 0 Å². The van der Waals surface area contributed by atoms with E-state index in [1.165, 1.54) is 11.3 Å². The molecule has 2 aromatic rings. The van der Waals surface area contributed by atoms with Gasteiger partial charge in [0.1, 0.15) is 9.88 Å². The van der Waals surface area contributed by atoms with E-state index in [-0.39, 0.29) is 12.0 Å². The third kappa shape index (κ3) is 5.65. The zero-order valence-electron chi connectivity index (χ0n) is 16.2. The van der Waals surface area contributed by atoms with Gasteiger partial charge >= 0.3 is 5.97 Å². The third-order valence-electron chi connectivity index (χ3n) is 3.69. The molecule has 2 rings (SSSR count). The lowest BCUT2D eigenvalue weighted by atomic mass is 10.3. The van der Waals surface area contributed by atoms with Crippen molar-refractivity contribution in [3.8, 4) is 5.88 Å². The molecule has 1 unspecified atom stereocenters. The van der Waals surface area contributed by atoms with Gasteiger partial charge < -0.3 is 20.1 Å². The Morgan fingerprint density at radius 3 is 2.78 bits per heavy atom. The molecule has 0 aromatic carbocycles. The smallest absolute Gasteiger partial charge is 0.350 e. The number of aliphatic imine (C=N–C) groups is 1. The number of aromatic nitrogens is 2. The van der Waals surface area contributed by atoms with Crippen molar-refractivity contribution in [1.29, 1.82) is 0 Å². The van der Waals surface area contributed by atoms with Gasteiger partial charge in [0.15, 0.2) is 5.96 Å². The highest BCUT2D eigenvalue weighted by Gasteiger charge is 2.20. The minimum absolute atomic E-state index is 0.114. The maximum atomic E-state index is 12.0. The number of hydrogen-bond donors (Lipinski definition) is 2. The van der Waals surface area contributed by atoms with E-state index in [1.807, 2.05) is 26.0 Å². The van der Waals surface area contributed by atoms with Gasteiger partial charge in [0.05, 0.1) is 25.5 Å². The van der Waals surface area contributed by atoms with Crippen molar-refractivity contribution in [3.63, 3.8) is 0 Å². The fourth-order valence-electron chi connectivity index (χ4n) is 2.27. The number of methoxy groups -OCH3 is 1. The topological polar surface area (TPSA) is 97.7 Å². The molecular formula is C18H25N5O3S. The number of nitrogens with one attached hydrogen (secondary N) is 2. The molecule has 0 fully saturated rings. The number of rotatable bonds is 7. The number of hydrogen-bond acceptors (Lipinski definition) is 7. The molecule has 8 nitrogen and oxygen atoms in total. The Bertz CT molecular complexity index is 789. The molecule has 0 bridgehead atoms. The van der Waals surface area contributed by atoms with Crippen molar-refractivity contribution >= 4 is 23.3 Å². The highest BCUT2D eigenvalue weighted by atomic mass is 32.1. The Balaban J connectivity index is 1.97. The van der Waals surface area contributed by atoms with Crippen LogP contribution in [0, 0.1) is 6.92 Å². The van der Waals surface area contributed by atoms with Crippen LogP contribution in [0.2, 0.25) is 0 Å². The van der Waals surface area contributed by atoms with E-state index >= 15 is 0 Å². The summed E-state index contributed by atoms with van der Waals surface area (Å²) >= 11 is 1.33. The summed E-state index contributed by atoms with van der Waals surface area (Å²) in [5.41, 5.74) is 1.68. The fourth-order valence-corrected chi connectivity index (χ4v) is 3.24. The minimum atomic E-state index is -0.333. The van der Waals surface area contributed by atoms with E-state index in [0.29, 0.717) is 35.6 Å². The average molecular weight is 391 g/mol. The molecule has 1 atom stereocenters. The molecule has 2 heterocycles. The number of carbonyl (C=O) groups is 1. The van der Waals surface area contributed by atoms with E-state index in [4.69, 9.17) is 9.47 Å². The second-order valence-corrected chi connectivity index (χ2v) is 6.72. The van der Waals surface area contributed by atoms with Gasteiger partial charge in [-0.3, -0.25) is 4.99 Å². The molecule has 0 radical (unpaired) electrons. The van der Waals surface area contributed by atoms with Crippen molar-refractivity contribution in [2.24, 2.45) is 4.99 Å². The molecule has 2 aromatic heterocycles. The van der Waals surface area contributed by atoms with Gasteiger partial charge in [-0.2, -0.15) is 0 Å². The van der Waals surface area contributed by atoms with Crippen LogP contribution in [0.3, 0.4) is 0 Å². The van der Waals surface area contributed by atoms with Crippen molar-refractivity contribution in [2.75, 3.05) is 20.8 Å². The number of esters is 1. The zero-order valence-corrected chi connectivity index (χ0v) is 17.0. The number of carbonyl (C=O) groups excluding carboxylic acids is 1. The van der Waals surface area contributed by atoms with Gasteiger partial charge in [0, 0.05) is 25.9 Å². The number of guanidine groups is 1. The van der Waals surface area contributed by atoms with Gasteiger partial charge in [-0.1, -0.05) is 6.07 Å². The van der Waals surface area contributed by atoms with Crippen molar-refractivity contribution in [2.45, 2.75) is 33.4 Å². The first-order valence-corrected chi connectivity index (χ1v) is 9.40. The summed E-state index contributed by atoms with van der Waals surface area (Å²) in [6, 6.07) is 3.63. The van der Waals surface area contributed by atoms with Crippen LogP contribution < -0.4 is 15.4 Å². The van der Waals surface area contributed by atoms with Crippen LogP contribution in [0.5, 0.6) is 5.88 Å². The quantitative estimate of drug-likeness (QED) is 0.425. The summed E-state index contributed by atoms with van der Waals surface area (Å²) in [6.45, 7) is 6.47. The summed E-state index contributed by atoms with van der Waals surface area (Å²) in [5, 5.41) is 7.30. The van der Waals surface area contributed by atoms with E-state index in [2.05, 4.69) is 25.6 Å². The van der Waals surface area contributed by atoms with E-state index in [9.17, 15) is 4.79 Å². The first kappa shape index (κ1) is 20.6. The molecular weight excluding hydrogens is 366 g/mol. The van der Waals surface area contributed by atoms with Crippen LogP contribution in [0.4, 0.5) is 0 Å². The lowest BCUT2D eigenvalue weighted by Gasteiger charge is -2.16. The first-order valence-electron chi connectivity index (χ1n) is 8.59. The normalized spacial score (nSPS) is 12.4. The Morgan fingerprint density at radius 2 is 2.19 bits per heavy atom. The third-order valence-corrected chi connectivity index (χ3v) is 5.01.